The minimum absolute atomic E-state index is 0.0438. The van der Waals surface area contributed by atoms with E-state index in [0.717, 1.165) is 18.5 Å². The van der Waals surface area contributed by atoms with E-state index in [1.807, 2.05) is 37.3 Å². The first-order valence-electron chi connectivity index (χ1n) is 9.02. The van der Waals surface area contributed by atoms with Crippen molar-refractivity contribution in [3.8, 4) is 0 Å². The van der Waals surface area contributed by atoms with Crippen molar-refractivity contribution in [1.82, 2.24) is 10.2 Å². The summed E-state index contributed by atoms with van der Waals surface area (Å²) < 4.78 is 5.16. The number of nitrogens with zero attached hydrogens (tertiary/aromatic N) is 2. The normalized spacial score (nSPS) is 17.5. The van der Waals surface area contributed by atoms with Crippen LogP contribution in [0, 0.1) is 0 Å². The molecule has 1 aliphatic heterocycles. The molecule has 1 atom stereocenters. The molecule has 1 unspecified atom stereocenters. The third kappa shape index (κ3) is 5.56. The second-order valence-corrected chi connectivity index (χ2v) is 6.34. The lowest BCUT2D eigenvalue weighted by atomic mass is 10.1. The van der Waals surface area contributed by atoms with Gasteiger partial charge in [-0.05, 0) is 18.6 Å². The molecule has 7 nitrogen and oxygen atoms in total. The van der Waals surface area contributed by atoms with Crippen LogP contribution in [0.5, 0.6) is 0 Å². The van der Waals surface area contributed by atoms with Gasteiger partial charge in [-0.1, -0.05) is 31.5 Å². The van der Waals surface area contributed by atoms with Crippen LogP contribution < -0.4 is 10.2 Å². The molecule has 1 N–H and O–H groups in total. The molecule has 2 rings (SSSR count). The number of nitrogens with one attached hydrogen (secondary N) is 1. The Labute approximate surface area is 154 Å². The van der Waals surface area contributed by atoms with E-state index in [1.165, 1.54) is 0 Å². The van der Waals surface area contributed by atoms with Gasteiger partial charge in [0.2, 0.25) is 11.8 Å². The fraction of sp³-hybridized carbons (Fsp3) is 0.526. The molecule has 1 saturated heterocycles. The average molecular weight is 361 g/mol. The number of rotatable bonds is 8. The van der Waals surface area contributed by atoms with Crippen molar-refractivity contribution in [2.75, 3.05) is 38.2 Å². The highest BCUT2D eigenvalue weighted by Gasteiger charge is 2.33. The monoisotopic (exact) mass is 361 g/mol. The fourth-order valence-corrected chi connectivity index (χ4v) is 2.80. The number of esters is 1. The molecule has 0 aromatic heterocycles. The summed E-state index contributed by atoms with van der Waals surface area (Å²) in [6.07, 6.45) is 1.69. The maximum absolute atomic E-state index is 12.6. The minimum Gasteiger partial charge on any atom is -0.466 e. The van der Waals surface area contributed by atoms with Crippen LogP contribution >= 0.6 is 0 Å². The number of hydrogen-bond donors (Lipinski definition) is 1. The summed E-state index contributed by atoms with van der Waals surface area (Å²) in [4.78, 5) is 40.1. The molecule has 7 heteroatoms. The number of carbonyl (C=O) groups is 3. The Balaban J connectivity index is 1.97. The van der Waals surface area contributed by atoms with E-state index in [-0.39, 0.29) is 24.8 Å². The summed E-state index contributed by atoms with van der Waals surface area (Å²) in [5.41, 5.74) is 0.787. The molecule has 0 bridgehead atoms. The van der Waals surface area contributed by atoms with Crippen LogP contribution in [0.2, 0.25) is 0 Å². The quantitative estimate of drug-likeness (QED) is 0.556. The molecule has 1 aromatic rings. The smallest absolute Gasteiger partial charge is 0.307 e. The van der Waals surface area contributed by atoms with Gasteiger partial charge in [0.1, 0.15) is 6.04 Å². The number of anilines is 1. The maximum atomic E-state index is 12.6. The predicted octanol–water partition coefficient (Wildman–Crippen LogP) is 1.18. The van der Waals surface area contributed by atoms with Crippen molar-refractivity contribution in [2.24, 2.45) is 0 Å². The molecule has 1 fully saturated rings. The van der Waals surface area contributed by atoms with E-state index in [1.54, 1.807) is 16.8 Å². The number of likely N-dealkylation sites (N-methyl/N-ethyl adjacent to an activating group) is 1. The molecule has 0 radical (unpaired) electrons. The van der Waals surface area contributed by atoms with Crippen molar-refractivity contribution >= 4 is 23.5 Å². The molecule has 0 saturated carbocycles. The number of hydrogen-bond acceptors (Lipinski definition) is 5. The SMILES string of the molecule is CCCCOC(=O)CC1C(=O)NCCN1CC(=O)N(C)c1ccccc1. The number of carbonyl (C=O) groups excluding carboxylic acids is 3. The Hall–Kier alpha value is -2.41. The van der Waals surface area contributed by atoms with Gasteiger partial charge < -0.3 is 15.0 Å². The largest absolute Gasteiger partial charge is 0.466 e. The van der Waals surface area contributed by atoms with Crippen molar-refractivity contribution in [2.45, 2.75) is 32.2 Å². The summed E-state index contributed by atoms with van der Waals surface area (Å²) in [5, 5.41) is 2.76. The second-order valence-electron chi connectivity index (χ2n) is 6.34. The first-order valence-corrected chi connectivity index (χ1v) is 9.02. The van der Waals surface area contributed by atoms with Crippen LogP contribution in [-0.2, 0) is 19.1 Å². The van der Waals surface area contributed by atoms with Gasteiger partial charge in [-0.2, -0.15) is 0 Å². The van der Waals surface area contributed by atoms with Crippen LogP contribution in [0.1, 0.15) is 26.2 Å². The Morgan fingerprint density at radius 2 is 2.04 bits per heavy atom. The summed E-state index contributed by atoms with van der Waals surface area (Å²) in [6.45, 7) is 3.43. The third-order valence-corrected chi connectivity index (χ3v) is 4.42. The molecular formula is C19H27N3O4. The first-order chi connectivity index (χ1) is 12.5. The third-order valence-electron chi connectivity index (χ3n) is 4.42. The molecule has 1 heterocycles. The molecule has 142 valence electrons. The van der Waals surface area contributed by atoms with Crippen molar-refractivity contribution in [3.05, 3.63) is 30.3 Å². The number of para-hydroxylation sites is 1. The Bertz CT molecular complexity index is 620. The lowest BCUT2D eigenvalue weighted by Gasteiger charge is -2.34. The molecule has 26 heavy (non-hydrogen) atoms. The van der Waals surface area contributed by atoms with E-state index >= 15 is 0 Å². The minimum atomic E-state index is -0.675. The molecule has 1 aliphatic rings. The number of piperazine rings is 1. The Morgan fingerprint density at radius 3 is 2.73 bits per heavy atom. The summed E-state index contributed by atoms with van der Waals surface area (Å²) in [6, 6.07) is 8.64. The van der Waals surface area contributed by atoms with Crippen LogP contribution in [0.15, 0.2) is 30.3 Å². The number of ether oxygens (including phenoxy) is 1. The first kappa shape index (κ1) is 19.9. The fourth-order valence-electron chi connectivity index (χ4n) is 2.80. The van der Waals surface area contributed by atoms with E-state index in [2.05, 4.69) is 5.32 Å². The topological polar surface area (TPSA) is 79.0 Å². The van der Waals surface area contributed by atoms with Gasteiger partial charge in [-0.25, -0.2) is 0 Å². The number of benzene rings is 1. The molecule has 0 spiro atoms. The van der Waals surface area contributed by atoms with Gasteiger partial charge >= 0.3 is 5.97 Å². The lowest BCUT2D eigenvalue weighted by Crippen LogP contribution is -2.58. The average Bonchev–Trinajstić information content (AvgIpc) is 2.65. The zero-order valence-electron chi connectivity index (χ0n) is 15.4. The van der Waals surface area contributed by atoms with Crippen molar-refractivity contribution in [1.29, 1.82) is 0 Å². The molecule has 0 aliphatic carbocycles. The lowest BCUT2D eigenvalue weighted by molar-refractivity contribution is -0.149. The van der Waals surface area contributed by atoms with Gasteiger partial charge in [-0.3, -0.25) is 19.3 Å². The summed E-state index contributed by atoms with van der Waals surface area (Å²) >= 11 is 0. The predicted molar refractivity (Wildman–Crippen MR) is 98.7 cm³/mol. The number of unbranched alkanes of at least 4 members (excludes halogenated alkanes) is 1. The van der Waals surface area contributed by atoms with E-state index in [4.69, 9.17) is 4.74 Å². The van der Waals surface area contributed by atoms with Crippen LogP contribution in [0.3, 0.4) is 0 Å². The van der Waals surface area contributed by atoms with Gasteiger partial charge in [0.05, 0.1) is 19.6 Å². The molecule has 1 aromatic carbocycles. The molecule has 2 amide bonds. The second kappa shape index (κ2) is 9.91. The van der Waals surface area contributed by atoms with E-state index in [0.29, 0.717) is 19.7 Å². The molecular weight excluding hydrogens is 334 g/mol. The van der Waals surface area contributed by atoms with Crippen LogP contribution in [-0.4, -0.2) is 62.0 Å². The van der Waals surface area contributed by atoms with Crippen LogP contribution in [0.25, 0.3) is 0 Å². The highest BCUT2D eigenvalue weighted by molar-refractivity contribution is 5.95. The summed E-state index contributed by atoms with van der Waals surface area (Å²) in [7, 11) is 1.70. The Kier molecular flexibility index (Phi) is 7.59. The van der Waals surface area contributed by atoms with Gasteiger partial charge in [0, 0.05) is 25.8 Å². The van der Waals surface area contributed by atoms with Crippen molar-refractivity contribution < 1.29 is 19.1 Å². The van der Waals surface area contributed by atoms with Crippen molar-refractivity contribution in [3.63, 3.8) is 0 Å². The highest BCUT2D eigenvalue weighted by Crippen LogP contribution is 2.14. The van der Waals surface area contributed by atoms with Gasteiger partial charge in [-0.15, -0.1) is 0 Å². The Morgan fingerprint density at radius 1 is 1.31 bits per heavy atom. The highest BCUT2D eigenvalue weighted by atomic mass is 16.5. The zero-order valence-corrected chi connectivity index (χ0v) is 15.4. The van der Waals surface area contributed by atoms with Gasteiger partial charge in [0.15, 0.2) is 0 Å². The van der Waals surface area contributed by atoms with Crippen LogP contribution in [0.4, 0.5) is 5.69 Å². The zero-order chi connectivity index (χ0) is 18.9. The standard InChI is InChI=1S/C19H27N3O4/c1-3-4-12-26-18(24)13-16-19(25)20-10-11-22(16)14-17(23)21(2)15-8-6-5-7-9-15/h5-9,16H,3-4,10-14H2,1-2H3,(H,20,25). The van der Waals surface area contributed by atoms with Gasteiger partial charge in [0.25, 0.3) is 0 Å². The van der Waals surface area contributed by atoms with E-state index < -0.39 is 12.0 Å². The summed E-state index contributed by atoms with van der Waals surface area (Å²) in [5.74, 6) is -0.775. The number of amides is 2. The van der Waals surface area contributed by atoms with E-state index in [9.17, 15) is 14.4 Å². The maximum Gasteiger partial charge on any atom is 0.307 e.